The number of aliphatic hydroxyl groups is 1. The number of hydrogen-bond acceptors (Lipinski definition) is 4. The molecule has 0 aliphatic carbocycles. The van der Waals surface area contributed by atoms with Crippen LogP contribution in [0.5, 0.6) is 5.75 Å². The summed E-state index contributed by atoms with van der Waals surface area (Å²) in [7, 11) is 0. The zero-order valence-electron chi connectivity index (χ0n) is 8.50. The molecule has 1 rings (SSSR count). The fourth-order valence-electron chi connectivity index (χ4n) is 1.08. The molecule has 0 aromatic carbocycles. The average molecular weight is 251 g/mol. The Morgan fingerprint density at radius 3 is 2.94 bits per heavy atom. The van der Waals surface area contributed by atoms with Gasteiger partial charge >= 0.3 is 6.61 Å². The van der Waals surface area contributed by atoms with Crippen molar-refractivity contribution in [2.24, 2.45) is 0 Å². The van der Waals surface area contributed by atoms with Crippen molar-refractivity contribution >= 4 is 17.2 Å². The standard InChI is InChI=1S/C9H11F2NO3S/c1-5-4-6(15-9(10)11)7(16-5)8(14)12-2-3-13/h4,9,13H,2-3H2,1H3,(H,12,14). The molecule has 1 aromatic rings. The van der Waals surface area contributed by atoms with Crippen LogP contribution in [-0.4, -0.2) is 30.8 Å². The number of carbonyl (C=O) groups is 1. The highest BCUT2D eigenvalue weighted by Crippen LogP contribution is 2.29. The second-order valence-electron chi connectivity index (χ2n) is 2.91. The van der Waals surface area contributed by atoms with Gasteiger partial charge in [0.05, 0.1) is 6.61 Å². The second-order valence-corrected chi connectivity index (χ2v) is 4.16. The third-order valence-corrected chi connectivity index (χ3v) is 2.67. The third kappa shape index (κ3) is 3.42. The summed E-state index contributed by atoms with van der Waals surface area (Å²) in [5.41, 5.74) is 0. The first kappa shape index (κ1) is 12.9. The number of amides is 1. The summed E-state index contributed by atoms with van der Waals surface area (Å²) in [6.45, 7) is -1.41. The average Bonchev–Trinajstić information content (AvgIpc) is 2.55. The molecule has 0 aliphatic heterocycles. The van der Waals surface area contributed by atoms with Crippen LogP contribution in [0.3, 0.4) is 0 Å². The molecular weight excluding hydrogens is 240 g/mol. The molecule has 7 heteroatoms. The summed E-state index contributed by atoms with van der Waals surface area (Å²) in [6.07, 6.45) is 0. The topological polar surface area (TPSA) is 58.6 Å². The van der Waals surface area contributed by atoms with E-state index in [9.17, 15) is 13.6 Å². The quantitative estimate of drug-likeness (QED) is 0.831. The first-order chi connectivity index (χ1) is 7.54. The second kappa shape index (κ2) is 5.76. The van der Waals surface area contributed by atoms with Crippen molar-refractivity contribution < 1.29 is 23.4 Å². The number of rotatable bonds is 5. The van der Waals surface area contributed by atoms with Crippen molar-refractivity contribution in [2.45, 2.75) is 13.5 Å². The van der Waals surface area contributed by atoms with Crippen molar-refractivity contribution in [1.29, 1.82) is 0 Å². The zero-order valence-corrected chi connectivity index (χ0v) is 9.31. The minimum atomic E-state index is -2.96. The Labute approximate surface area is 94.8 Å². The number of hydrogen-bond donors (Lipinski definition) is 2. The van der Waals surface area contributed by atoms with Crippen LogP contribution < -0.4 is 10.1 Å². The van der Waals surface area contributed by atoms with Gasteiger partial charge in [0.2, 0.25) is 0 Å². The molecule has 0 radical (unpaired) electrons. The van der Waals surface area contributed by atoms with Crippen molar-refractivity contribution in [3.05, 3.63) is 15.8 Å². The molecule has 0 unspecified atom stereocenters. The number of nitrogens with one attached hydrogen (secondary N) is 1. The summed E-state index contributed by atoms with van der Waals surface area (Å²) >= 11 is 1.06. The molecule has 0 aliphatic rings. The van der Waals surface area contributed by atoms with Gasteiger partial charge in [-0.1, -0.05) is 0 Å². The Morgan fingerprint density at radius 1 is 1.69 bits per heavy atom. The van der Waals surface area contributed by atoms with Crippen LogP contribution in [0.25, 0.3) is 0 Å². The van der Waals surface area contributed by atoms with Crippen LogP contribution in [-0.2, 0) is 0 Å². The molecule has 1 amide bonds. The number of carbonyl (C=O) groups excluding carboxylic acids is 1. The normalized spacial score (nSPS) is 10.6. The van der Waals surface area contributed by atoms with Gasteiger partial charge in [-0.15, -0.1) is 11.3 Å². The maximum atomic E-state index is 12.0. The monoisotopic (exact) mass is 251 g/mol. The van der Waals surface area contributed by atoms with Crippen molar-refractivity contribution in [1.82, 2.24) is 5.32 Å². The minimum Gasteiger partial charge on any atom is -0.433 e. The summed E-state index contributed by atoms with van der Waals surface area (Å²) in [5, 5.41) is 10.9. The van der Waals surface area contributed by atoms with E-state index in [1.54, 1.807) is 6.92 Å². The predicted molar refractivity (Wildman–Crippen MR) is 55.1 cm³/mol. The molecule has 0 saturated heterocycles. The first-order valence-electron chi connectivity index (χ1n) is 4.49. The molecule has 0 saturated carbocycles. The Balaban J connectivity index is 2.81. The van der Waals surface area contributed by atoms with Gasteiger partial charge in [-0.3, -0.25) is 4.79 Å². The number of thiophene rings is 1. The van der Waals surface area contributed by atoms with Crippen molar-refractivity contribution in [2.75, 3.05) is 13.2 Å². The summed E-state index contributed by atoms with van der Waals surface area (Å²) in [5.74, 6) is -0.657. The SMILES string of the molecule is Cc1cc(OC(F)F)c(C(=O)NCCO)s1. The molecule has 0 fully saturated rings. The van der Waals surface area contributed by atoms with Gasteiger partial charge in [-0.05, 0) is 13.0 Å². The molecule has 2 N–H and O–H groups in total. The lowest BCUT2D eigenvalue weighted by Gasteiger charge is -2.05. The first-order valence-corrected chi connectivity index (χ1v) is 5.30. The predicted octanol–water partition coefficient (Wildman–Crippen LogP) is 1.38. The number of alkyl halides is 2. The molecular formula is C9H11F2NO3S. The highest BCUT2D eigenvalue weighted by Gasteiger charge is 2.18. The molecule has 0 atom stereocenters. The Bertz CT molecular complexity index is 368. The zero-order chi connectivity index (χ0) is 12.1. The minimum absolute atomic E-state index is 0.0733. The van der Waals surface area contributed by atoms with Gasteiger partial charge < -0.3 is 15.2 Å². The molecule has 1 aromatic heterocycles. The maximum absolute atomic E-state index is 12.0. The van der Waals surface area contributed by atoms with Crippen LogP contribution in [0.4, 0.5) is 8.78 Å². The Hall–Kier alpha value is -1.21. The lowest BCUT2D eigenvalue weighted by Crippen LogP contribution is -2.26. The largest absolute Gasteiger partial charge is 0.433 e. The van der Waals surface area contributed by atoms with Crippen LogP contribution >= 0.6 is 11.3 Å². The van der Waals surface area contributed by atoms with Crippen LogP contribution in [0.1, 0.15) is 14.5 Å². The molecule has 90 valence electrons. The number of aryl methyl sites for hydroxylation is 1. The van der Waals surface area contributed by atoms with E-state index in [1.807, 2.05) is 0 Å². The van der Waals surface area contributed by atoms with E-state index in [4.69, 9.17) is 5.11 Å². The van der Waals surface area contributed by atoms with Crippen molar-refractivity contribution in [3.8, 4) is 5.75 Å². The van der Waals surface area contributed by atoms with E-state index in [0.29, 0.717) is 4.88 Å². The van der Waals surface area contributed by atoms with Gasteiger partial charge in [-0.25, -0.2) is 0 Å². The Kier molecular flexibility index (Phi) is 4.63. The number of ether oxygens (including phenoxy) is 1. The summed E-state index contributed by atoms with van der Waals surface area (Å²) in [6, 6.07) is 1.38. The van der Waals surface area contributed by atoms with Crippen LogP contribution in [0.2, 0.25) is 0 Å². The van der Waals surface area contributed by atoms with Gasteiger partial charge in [-0.2, -0.15) is 8.78 Å². The van der Waals surface area contributed by atoms with Gasteiger partial charge in [0.1, 0.15) is 10.6 Å². The maximum Gasteiger partial charge on any atom is 0.387 e. The van der Waals surface area contributed by atoms with E-state index >= 15 is 0 Å². The van der Waals surface area contributed by atoms with Crippen LogP contribution in [0.15, 0.2) is 6.07 Å². The molecule has 16 heavy (non-hydrogen) atoms. The van der Waals surface area contributed by atoms with Crippen molar-refractivity contribution in [3.63, 3.8) is 0 Å². The number of aliphatic hydroxyl groups excluding tert-OH is 1. The summed E-state index contributed by atoms with van der Waals surface area (Å²) in [4.78, 5) is 12.3. The fourth-order valence-corrected chi connectivity index (χ4v) is 1.94. The van der Waals surface area contributed by atoms with Crippen LogP contribution in [0, 0.1) is 6.92 Å². The highest BCUT2D eigenvalue weighted by molar-refractivity contribution is 7.14. The summed E-state index contributed by atoms with van der Waals surface area (Å²) < 4.78 is 28.3. The van der Waals surface area contributed by atoms with E-state index in [2.05, 4.69) is 10.1 Å². The highest BCUT2D eigenvalue weighted by atomic mass is 32.1. The lowest BCUT2D eigenvalue weighted by atomic mass is 10.4. The van der Waals surface area contributed by atoms with Gasteiger partial charge in [0.15, 0.2) is 0 Å². The number of halogens is 2. The third-order valence-electron chi connectivity index (χ3n) is 1.64. The van der Waals surface area contributed by atoms with Gasteiger partial charge in [0, 0.05) is 11.4 Å². The van der Waals surface area contributed by atoms with Gasteiger partial charge in [0.25, 0.3) is 5.91 Å². The Morgan fingerprint density at radius 2 is 2.38 bits per heavy atom. The molecule has 4 nitrogen and oxygen atoms in total. The van der Waals surface area contributed by atoms with E-state index in [0.717, 1.165) is 11.3 Å². The smallest absolute Gasteiger partial charge is 0.387 e. The molecule has 0 bridgehead atoms. The lowest BCUT2D eigenvalue weighted by molar-refractivity contribution is -0.0498. The molecule has 1 heterocycles. The van der Waals surface area contributed by atoms with E-state index in [-0.39, 0.29) is 23.8 Å². The van der Waals surface area contributed by atoms with E-state index < -0.39 is 12.5 Å². The van der Waals surface area contributed by atoms with E-state index in [1.165, 1.54) is 6.07 Å². The fraction of sp³-hybridized carbons (Fsp3) is 0.444. The molecule has 0 spiro atoms.